The van der Waals surface area contributed by atoms with E-state index in [4.69, 9.17) is 5.73 Å². The molecule has 0 aliphatic carbocycles. The Morgan fingerprint density at radius 3 is 2.84 bits per heavy atom. The van der Waals surface area contributed by atoms with Gasteiger partial charge in [0.05, 0.1) is 12.6 Å². The van der Waals surface area contributed by atoms with E-state index in [-0.39, 0.29) is 24.6 Å². The average Bonchev–Trinajstić information content (AvgIpc) is 2.93. The van der Waals surface area contributed by atoms with Crippen LogP contribution in [0.2, 0.25) is 0 Å². The zero-order chi connectivity index (χ0) is 13.7. The van der Waals surface area contributed by atoms with Crippen LogP contribution in [0.25, 0.3) is 0 Å². The third kappa shape index (κ3) is 3.55. The number of rotatable bonds is 5. The van der Waals surface area contributed by atoms with Crippen LogP contribution in [-0.4, -0.2) is 35.1 Å². The highest BCUT2D eigenvalue weighted by Gasteiger charge is 2.27. The van der Waals surface area contributed by atoms with E-state index in [1.165, 1.54) is 0 Å². The van der Waals surface area contributed by atoms with E-state index in [1.54, 1.807) is 4.90 Å². The molecule has 0 bridgehead atoms. The fourth-order valence-corrected chi connectivity index (χ4v) is 2.64. The average molecular weight is 262 g/mol. The second-order valence-corrected chi connectivity index (χ2v) is 5.12. The first kappa shape index (κ1) is 14.0. The van der Waals surface area contributed by atoms with Gasteiger partial charge in [0.25, 0.3) is 0 Å². The summed E-state index contributed by atoms with van der Waals surface area (Å²) < 4.78 is 0. The summed E-state index contributed by atoms with van der Waals surface area (Å²) in [5.74, 6) is 0.114. The molecule has 4 nitrogen and oxygen atoms in total. The Balaban J connectivity index is 1.83. The lowest BCUT2D eigenvalue weighted by Crippen LogP contribution is -2.37. The summed E-state index contributed by atoms with van der Waals surface area (Å²) in [6.45, 7) is 0.834. The molecule has 1 saturated heterocycles. The van der Waals surface area contributed by atoms with Gasteiger partial charge in [-0.25, -0.2) is 0 Å². The van der Waals surface area contributed by atoms with Crippen molar-refractivity contribution in [3.63, 3.8) is 0 Å². The maximum absolute atomic E-state index is 12.1. The van der Waals surface area contributed by atoms with Crippen LogP contribution in [-0.2, 0) is 4.79 Å². The molecule has 1 fully saturated rings. The van der Waals surface area contributed by atoms with Crippen LogP contribution in [0.5, 0.6) is 0 Å². The lowest BCUT2D eigenvalue weighted by atomic mass is 10.0. The number of aliphatic hydroxyl groups excluding tert-OH is 1. The second-order valence-electron chi connectivity index (χ2n) is 5.12. The third-order valence-corrected chi connectivity index (χ3v) is 3.81. The molecule has 0 saturated carbocycles. The Labute approximate surface area is 114 Å². The number of amides is 1. The maximum Gasteiger partial charge on any atom is 0.222 e. The van der Waals surface area contributed by atoms with Gasteiger partial charge in [-0.1, -0.05) is 30.3 Å². The molecule has 19 heavy (non-hydrogen) atoms. The number of hydrogen-bond donors (Lipinski definition) is 2. The van der Waals surface area contributed by atoms with Gasteiger partial charge in [0.1, 0.15) is 0 Å². The fourth-order valence-electron chi connectivity index (χ4n) is 2.64. The normalized spacial score (nSPS) is 20.5. The number of nitrogens with two attached hydrogens (primary N) is 1. The molecule has 1 aromatic rings. The van der Waals surface area contributed by atoms with Crippen molar-refractivity contribution in [1.29, 1.82) is 0 Å². The van der Waals surface area contributed by atoms with E-state index >= 15 is 0 Å². The molecule has 1 aliphatic rings. The first-order chi connectivity index (χ1) is 9.22. The van der Waals surface area contributed by atoms with E-state index in [0.29, 0.717) is 12.8 Å². The number of carbonyl (C=O) groups is 1. The summed E-state index contributed by atoms with van der Waals surface area (Å²) >= 11 is 0. The molecule has 3 N–H and O–H groups in total. The first-order valence-electron chi connectivity index (χ1n) is 6.93. The van der Waals surface area contributed by atoms with Gasteiger partial charge < -0.3 is 15.7 Å². The molecule has 2 atom stereocenters. The molecule has 1 unspecified atom stereocenters. The lowest BCUT2D eigenvalue weighted by Gasteiger charge is -2.23. The molecule has 0 spiro atoms. The highest BCUT2D eigenvalue weighted by molar-refractivity contribution is 5.76. The number of hydrogen-bond acceptors (Lipinski definition) is 3. The number of nitrogens with zero attached hydrogens (tertiary/aromatic N) is 1. The second kappa shape index (κ2) is 6.68. The Bertz CT molecular complexity index is 408. The van der Waals surface area contributed by atoms with Crippen molar-refractivity contribution in [2.45, 2.75) is 37.8 Å². The van der Waals surface area contributed by atoms with E-state index in [0.717, 1.165) is 24.9 Å². The minimum atomic E-state index is -0.0969. The van der Waals surface area contributed by atoms with Gasteiger partial charge in [0.2, 0.25) is 5.91 Å². The summed E-state index contributed by atoms with van der Waals surface area (Å²) in [6, 6.07) is 9.76. The van der Waals surface area contributed by atoms with Gasteiger partial charge in [-0.3, -0.25) is 4.79 Å². The molecule has 2 rings (SSSR count). The number of likely N-dealkylation sites (tertiary alicyclic amines) is 1. The van der Waals surface area contributed by atoms with E-state index in [9.17, 15) is 9.90 Å². The van der Waals surface area contributed by atoms with Crippen LogP contribution in [0.1, 0.15) is 37.3 Å². The zero-order valence-corrected chi connectivity index (χ0v) is 11.2. The molecular formula is C15H22N2O2. The molecule has 1 amide bonds. The predicted molar refractivity (Wildman–Crippen MR) is 74.4 cm³/mol. The van der Waals surface area contributed by atoms with Gasteiger partial charge in [-0.2, -0.15) is 0 Å². The summed E-state index contributed by atoms with van der Waals surface area (Å²) in [7, 11) is 0. The summed E-state index contributed by atoms with van der Waals surface area (Å²) in [5, 5.41) is 9.22. The quantitative estimate of drug-likeness (QED) is 0.844. The van der Waals surface area contributed by atoms with Crippen molar-refractivity contribution in [2.24, 2.45) is 5.73 Å². The minimum Gasteiger partial charge on any atom is -0.394 e. The Kier molecular flexibility index (Phi) is 4.93. The SMILES string of the molecule is NC(CCC(=O)N1CCC[C@@H]1CO)c1ccccc1. The molecule has 1 aliphatic heterocycles. The smallest absolute Gasteiger partial charge is 0.222 e. The molecule has 0 aromatic heterocycles. The fraction of sp³-hybridized carbons (Fsp3) is 0.533. The molecular weight excluding hydrogens is 240 g/mol. The maximum atomic E-state index is 12.1. The van der Waals surface area contributed by atoms with Crippen LogP contribution < -0.4 is 5.73 Å². The van der Waals surface area contributed by atoms with Gasteiger partial charge >= 0.3 is 0 Å². The number of benzene rings is 1. The van der Waals surface area contributed by atoms with E-state index < -0.39 is 0 Å². The van der Waals surface area contributed by atoms with E-state index in [1.807, 2.05) is 30.3 Å². The summed E-state index contributed by atoms with van der Waals surface area (Å²) in [6.07, 6.45) is 3.00. The molecule has 0 radical (unpaired) electrons. The zero-order valence-electron chi connectivity index (χ0n) is 11.2. The lowest BCUT2D eigenvalue weighted by molar-refractivity contribution is -0.132. The number of carbonyl (C=O) groups excluding carboxylic acids is 1. The highest BCUT2D eigenvalue weighted by Crippen LogP contribution is 2.20. The van der Waals surface area contributed by atoms with Gasteiger partial charge in [0.15, 0.2) is 0 Å². The molecule has 104 valence electrons. The molecule has 1 heterocycles. The standard InChI is InChI=1S/C15H22N2O2/c16-14(12-5-2-1-3-6-12)8-9-15(19)17-10-4-7-13(17)11-18/h1-3,5-6,13-14,18H,4,7-11,16H2/t13-,14?/m1/s1. The Morgan fingerprint density at radius 2 is 2.16 bits per heavy atom. The van der Waals surface area contributed by atoms with Crippen LogP contribution in [0.4, 0.5) is 0 Å². The van der Waals surface area contributed by atoms with Crippen molar-refractivity contribution in [2.75, 3.05) is 13.2 Å². The minimum absolute atomic E-state index is 0.0143. The summed E-state index contributed by atoms with van der Waals surface area (Å²) in [4.78, 5) is 13.9. The number of aliphatic hydroxyl groups is 1. The van der Waals surface area contributed by atoms with Crippen molar-refractivity contribution < 1.29 is 9.90 Å². The van der Waals surface area contributed by atoms with Crippen LogP contribution >= 0.6 is 0 Å². The molecule has 1 aromatic carbocycles. The van der Waals surface area contributed by atoms with Crippen molar-refractivity contribution in [1.82, 2.24) is 4.90 Å². The van der Waals surface area contributed by atoms with Crippen molar-refractivity contribution >= 4 is 5.91 Å². The molecule has 4 heteroatoms. The van der Waals surface area contributed by atoms with Gasteiger partial charge in [0, 0.05) is 19.0 Å². The van der Waals surface area contributed by atoms with Crippen LogP contribution in [0.3, 0.4) is 0 Å². The Hall–Kier alpha value is -1.39. The predicted octanol–water partition coefficient (Wildman–Crippen LogP) is 1.45. The highest BCUT2D eigenvalue weighted by atomic mass is 16.3. The first-order valence-corrected chi connectivity index (χ1v) is 6.93. The monoisotopic (exact) mass is 262 g/mol. The Morgan fingerprint density at radius 1 is 1.42 bits per heavy atom. The topological polar surface area (TPSA) is 66.6 Å². The van der Waals surface area contributed by atoms with Crippen molar-refractivity contribution in [3.05, 3.63) is 35.9 Å². The van der Waals surface area contributed by atoms with Gasteiger partial charge in [-0.15, -0.1) is 0 Å². The third-order valence-electron chi connectivity index (χ3n) is 3.81. The van der Waals surface area contributed by atoms with Crippen LogP contribution in [0.15, 0.2) is 30.3 Å². The largest absolute Gasteiger partial charge is 0.394 e. The van der Waals surface area contributed by atoms with Crippen LogP contribution in [0, 0.1) is 0 Å². The van der Waals surface area contributed by atoms with Crippen molar-refractivity contribution in [3.8, 4) is 0 Å². The van der Waals surface area contributed by atoms with Gasteiger partial charge in [-0.05, 0) is 24.8 Å². The summed E-state index contributed by atoms with van der Waals surface area (Å²) in [5.41, 5.74) is 7.15. The van der Waals surface area contributed by atoms with E-state index in [2.05, 4.69) is 0 Å².